The summed E-state index contributed by atoms with van der Waals surface area (Å²) in [5, 5.41) is 10.1. The minimum atomic E-state index is -0.173. The Morgan fingerprint density at radius 1 is 1.53 bits per heavy atom. The van der Waals surface area contributed by atoms with Crippen molar-refractivity contribution in [1.82, 2.24) is 0 Å². The first-order chi connectivity index (χ1) is 6.57. The van der Waals surface area contributed by atoms with E-state index in [4.69, 9.17) is 17.3 Å². The normalized spacial score (nSPS) is 12.0. The highest BCUT2D eigenvalue weighted by atomic mass is 79.9. The van der Waals surface area contributed by atoms with Crippen molar-refractivity contribution in [2.45, 2.75) is 25.8 Å². The highest BCUT2D eigenvalue weighted by molar-refractivity contribution is 9.10. The van der Waals surface area contributed by atoms with Crippen LogP contribution >= 0.6 is 39.9 Å². The molecule has 0 heterocycles. The lowest BCUT2D eigenvalue weighted by Crippen LogP contribution is -2.10. The molecule has 3 N–H and O–H groups in total. The van der Waals surface area contributed by atoms with E-state index in [0.717, 1.165) is 17.3 Å². The Morgan fingerprint density at radius 3 is 2.67 bits per heavy atom. The second-order valence-electron chi connectivity index (χ2n) is 3.19. The van der Waals surface area contributed by atoms with Gasteiger partial charge in [-0.05, 0) is 18.6 Å². The maximum Gasteiger partial charge on any atom is 0.140 e. The number of phenols is 1. The fourth-order valence-electron chi connectivity index (χ4n) is 1.36. The lowest BCUT2D eigenvalue weighted by Gasteiger charge is -2.15. The molecule has 1 rings (SSSR count). The van der Waals surface area contributed by atoms with Crippen molar-refractivity contribution in [2.75, 3.05) is 0 Å². The number of aromatic hydroxyl groups is 1. The van der Waals surface area contributed by atoms with Crippen molar-refractivity contribution in [3.63, 3.8) is 0 Å². The van der Waals surface area contributed by atoms with Crippen LogP contribution in [0.1, 0.15) is 31.4 Å². The largest absolute Gasteiger partial charge is 0.506 e. The first-order valence-electron chi connectivity index (χ1n) is 4.50. The zero-order valence-corrected chi connectivity index (χ0v) is 11.5. The van der Waals surface area contributed by atoms with Crippen LogP contribution in [0.3, 0.4) is 0 Å². The molecule has 0 saturated carbocycles. The SMILES string of the molecule is CCC[C@@H](N)c1c(Br)ccc(Cl)c1O.Cl. The highest BCUT2D eigenvalue weighted by Crippen LogP contribution is 2.37. The standard InChI is InChI=1S/C10H13BrClNO.ClH/c1-2-3-8(13)9-6(11)4-5-7(12)10(9)14;/h4-5,8,14H,2-3,13H2,1H3;1H/t8-;/m1./s1. The van der Waals surface area contributed by atoms with Crippen molar-refractivity contribution in [3.05, 3.63) is 27.2 Å². The Kier molecular flexibility index (Phi) is 6.60. The van der Waals surface area contributed by atoms with E-state index in [9.17, 15) is 5.11 Å². The van der Waals surface area contributed by atoms with E-state index in [1.165, 1.54) is 0 Å². The molecular formula is C10H14BrCl2NO. The zero-order valence-electron chi connectivity index (χ0n) is 8.34. The molecule has 0 fully saturated rings. The van der Waals surface area contributed by atoms with Crippen molar-refractivity contribution in [1.29, 1.82) is 0 Å². The molecule has 0 saturated heterocycles. The molecule has 1 aromatic carbocycles. The van der Waals surface area contributed by atoms with Crippen LogP contribution < -0.4 is 5.73 Å². The van der Waals surface area contributed by atoms with Gasteiger partial charge in [-0.1, -0.05) is 40.9 Å². The third kappa shape index (κ3) is 3.52. The van der Waals surface area contributed by atoms with E-state index < -0.39 is 0 Å². The van der Waals surface area contributed by atoms with Gasteiger partial charge in [-0.15, -0.1) is 12.4 Å². The van der Waals surface area contributed by atoms with Crippen LogP contribution in [0.2, 0.25) is 5.02 Å². The van der Waals surface area contributed by atoms with Gasteiger partial charge in [-0.2, -0.15) is 0 Å². The summed E-state index contributed by atoms with van der Waals surface area (Å²) in [5.74, 6) is 0.0852. The van der Waals surface area contributed by atoms with Crippen LogP contribution in [0, 0.1) is 0 Å². The lowest BCUT2D eigenvalue weighted by atomic mass is 10.0. The summed E-state index contributed by atoms with van der Waals surface area (Å²) >= 11 is 9.16. The molecular weight excluding hydrogens is 301 g/mol. The number of rotatable bonds is 3. The Labute approximate surface area is 109 Å². The van der Waals surface area contributed by atoms with Gasteiger partial charge in [0, 0.05) is 16.1 Å². The van der Waals surface area contributed by atoms with Crippen molar-refractivity contribution in [3.8, 4) is 5.75 Å². The molecule has 0 aliphatic rings. The Bertz CT molecular complexity index is 333. The molecule has 86 valence electrons. The zero-order chi connectivity index (χ0) is 10.7. The highest BCUT2D eigenvalue weighted by Gasteiger charge is 2.16. The quantitative estimate of drug-likeness (QED) is 0.884. The number of hydrogen-bond donors (Lipinski definition) is 2. The summed E-state index contributed by atoms with van der Waals surface area (Å²) < 4.78 is 0.806. The Hall–Kier alpha value is 0.0400. The van der Waals surface area contributed by atoms with Crippen molar-refractivity contribution >= 4 is 39.9 Å². The van der Waals surface area contributed by atoms with Gasteiger partial charge < -0.3 is 10.8 Å². The van der Waals surface area contributed by atoms with E-state index >= 15 is 0 Å². The molecule has 5 heteroatoms. The van der Waals surface area contributed by atoms with Gasteiger partial charge in [0.2, 0.25) is 0 Å². The predicted octanol–water partition coefficient (Wildman–Crippen LogP) is 4.03. The van der Waals surface area contributed by atoms with Gasteiger partial charge in [-0.3, -0.25) is 0 Å². The molecule has 0 aliphatic heterocycles. The van der Waals surface area contributed by atoms with Crippen LogP contribution in [-0.2, 0) is 0 Å². The van der Waals surface area contributed by atoms with Crippen molar-refractivity contribution in [2.24, 2.45) is 5.73 Å². The van der Waals surface area contributed by atoms with Gasteiger partial charge in [0.05, 0.1) is 5.02 Å². The minimum Gasteiger partial charge on any atom is -0.506 e. The summed E-state index contributed by atoms with van der Waals surface area (Å²) in [6, 6.07) is 3.27. The molecule has 1 aromatic rings. The summed E-state index contributed by atoms with van der Waals surface area (Å²) in [6.45, 7) is 2.05. The molecule has 0 amide bonds. The predicted molar refractivity (Wildman–Crippen MR) is 69.9 cm³/mol. The molecule has 0 bridgehead atoms. The smallest absolute Gasteiger partial charge is 0.140 e. The molecule has 15 heavy (non-hydrogen) atoms. The molecule has 0 spiro atoms. The van der Waals surface area contributed by atoms with Gasteiger partial charge in [0.1, 0.15) is 5.75 Å². The number of hydrogen-bond acceptors (Lipinski definition) is 2. The maximum absolute atomic E-state index is 9.73. The number of benzene rings is 1. The van der Waals surface area contributed by atoms with Gasteiger partial charge in [0.25, 0.3) is 0 Å². The summed E-state index contributed by atoms with van der Waals surface area (Å²) in [7, 11) is 0. The van der Waals surface area contributed by atoms with Crippen molar-refractivity contribution < 1.29 is 5.11 Å². The van der Waals surface area contributed by atoms with Gasteiger partial charge >= 0.3 is 0 Å². The number of halogens is 3. The number of nitrogens with two attached hydrogens (primary N) is 1. The minimum absolute atomic E-state index is 0. The third-order valence-corrected chi connectivity index (χ3v) is 3.08. The first kappa shape index (κ1) is 15.0. The monoisotopic (exact) mass is 313 g/mol. The summed E-state index contributed by atoms with van der Waals surface area (Å²) in [6.07, 6.45) is 1.80. The Morgan fingerprint density at radius 2 is 2.13 bits per heavy atom. The average molecular weight is 315 g/mol. The topological polar surface area (TPSA) is 46.2 Å². The molecule has 0 aliphatic carbocycles. The fourth-order valence-corrected chi connectivity index (χ4v) is 2.14. The average Bonchev–Trinajstić information content (AvgIpc) is 2.13. The van der Waals surface area contributed by atoms with E-state index in [2.05, 4.69) is 22.9 Å². The van der Waals surface area contributed by atoms with E-state index in [1.54, 1.807) is 12.1 Å². The molecule has 1 atom stereocenters. The Balaban J connectivity index is 0.00000196. The molecule has 0 aromatic heterocycles. The second kappa shape index (κ2) is 6.59. The second-order valence-corrected chi connectivity index (χ2v) is 4.45. The van der Waals surface area contributed by atoms with Gasteiger partial charge in [-0.25, -0.2) is 0 Å². The summed E-state index contributed by atoms with van der Waals surface area (Å²) in [5.41, 5.74) is 6.62. The van der Waals surface area contributed by atoms with E-state index in [-0.39, 0.29) is 24.2 Å². The molecule has 0 unspecified atom stereocenters. The third-order valence-electron chi connectivity index (χ3n) is 2.09. The fraction of sp³-hybridized carbons (Fsp3) is 0.400. The van der Waals surface area contributed by atoms with Crippen LogP contribution in [0.5, 0.6) is 5.75 Å². The maximum atomic E-state index is 9.73. The van der Waals surface area contributed by atoms with Crippen LogP contribution in [0.4, 0.5) is 0 Å². The van der Waals surface area contributed by atoms with Crippen LogP contribution in [-0.4, -0.2) is 5.11 Å². The first-order valence-corrected chi connectivity index (χ1v) is 5.67. The number of phenolic OH excluding ortho intramolecular Hbond substituents is 1. The summed E-state index contributed by atoms with van der Waals surface area (Å²) in [4.78, 5) is 0. The van der Waals surface area contributed by atoms with E-state index in [0.29, 0.717) is 10.6 Å². The van der Waals surface area contributed by atoms with Crippen LogP contribution in [0.25, 0.3) is 0 Å². The molecule has 0 radical (unpaired) electrons. The molecule has 2 nitrogen and oxygen atoms in total. The van der Waals surface area contributed by atoms with Crippen LogP contribution in [0.15, 0.2) is 16.6 Å². The lowest BCUT2D eigenvalue weighted by molar-refractivity contribution is 0.457. The van der Waals surface area contributed by atoms with E-state index in [1.807, 2.05) is 0 Å². The van der Waals surface area contributed by atoms with Gasteiger partial charge in [0.15, 0.2) is 0 Å².